The molecule has 3 heteroatoms. The molecule has 1 aliphatic rings. The Kier molecular flexibility index (Phi) is 2.57. The van der Waals surface area contributed by atoms with Crippen molar-refractivity contribution in [2.45, 2.75) is 39.2 Å². The standard InChI is InChI=1S/C14H19NO2/c1-8(2)17-13-11(16)7-6-10-12(13)14(4,5)9(3)15-10/h6-8,15-16H,3H2,1-2,4-5H3. The molecule has 0 unspecified atom stereocenters. The lowest BCUT2D eigenvalue weighted by Crippen LogP contribution is -2.18. The lowest BCUT2D eigenvalue weighted by atomic mass is 9.83. The molecule has 0 spiro atoms. The molecule has 0 radical (unpaired) electrons. The number of rotatable bonds is 2. The van der Waals surface area contributed by atoms with E-state index in [0.29, 0.717) is 5.75 Å². The van der Waals surface area contributed by atoms with Crippen LogP contribution in [0.25, 0.3) is 0 Å². The van der Waals surface area contributed by atoms with Crippen molar-refractivity contribution in [3.63, 3.8) is 0 Å². The summed E-state index contributed by atoms with van der Waals surface area (Å²) in [7, 11) is 0. The smallest absolute Gasteiger partial charge is 0.167 e. The van der Waals surface area contributed by atoms with Crippen LogP contribution in [0.2, 0.25) is 0 Å². The number of phenolic OH excluding ortho intramolecular Hbond substituents is 1. The van der Waals surface area contributed by atoms with Crippen molar-refractivity contribution in [1.29, 1.82) is 0 Å². The lowest BCUT2D eigenvalue weighted by molar-refractivity contribution is 0.227. The van der Waals surface area contributed by atoms with Gasteiger partial charge in [-0.05, 0) is 26.0 Å². The molecule has 0 aliphatic carbocycles. The highest BCUT2D eigenvalue weighted by Crippen LogP contribution is 2.50. The van der Waals surface area contributed by atoms with Gasteiger partial charge in [0.2, 0.25) is 0 Å². The van der Waals surface area contributed by atoms with Crippen molar-refractivity contribution in [3.05, 3.63) is 30.0 Å². The van der Waals surface area contributed by atoms with Gasteiger partial charge in [-0.1, -0.05) is 20.4 Å². The van der Waals surface area contributed by atoms with Crippen molar-refractivity contribution < 1.29 is 9.84 Å². The van der Waals surface area contributed by atoms with E-state index in [1.165, 1.54) is 0 Å². The summed E-state index contributed by atoms with van der Waals surface area (Å²) in [6, 6.07) is 3.51. The molecule has 0 saturated carbocycles. The summed E-state index contributed by atoms with van der Waals surface area (Å²) < 4.78 is 5.74. The van der Waals surface area contributed by atoms with E-state index in [1.54, 1.807) is 6.07 Å². The predicted octanol–water partition coefficient (Wildman–Crippen LogP) is 3.40. The molecule has 0 amide bonds. The highest BCUT2D eigenvalue weighted by molar-refractivity contribution is 5.74. The number of hydrogen-bond donors (Lipinski definition) is 2. The minimum absolute atomic E-state index is 0.0251. The first-order chi connectivity index (χ1) is 7.84. The van der Waals surface area contributed by atoms with Crippen molar-refractivity contribution in [1.82, 2.24) is 0 Å². The lowest BCUT2D eigenvalue weighted by Gasteiger charge is -2.23. The molecule has 0 aromatic heterocycles. The Balaban J connectivity index is 2.62. The fourth-order valence-electron chi connectivity index (χ4n) is 2.12. The number of anilines is 1. The Labute approximate surface area is 102 Å². The van der Waals surface area contributed by atoms with Crippen LogP contribution in [0.1, 0.15) is 33.3 Å². The third kappa shape index (κ3) is 1.75. The molecule has 0 bridgehead atoms. The number of nitrogens with one attached hydrogen (secondary N) is 1. The topological polar surface area (TPSA) is 41.5 Å². The van der Waals surface area contributed by atoms with Gasteiger partial charge in [-0.2, -0.15) is 0 Å². The van der Waals surface area contributed by atoms with Gasteiger partial charge in [-0.15, -0.1) is 0 Å². The van der Waals surface area contributed by atoms with Gasteiger partial charge in [0.1, 0.15) is 0 Å². The molecule has 2 N–H and O–H groups in total. The van der Waals surface area contributed by atoms with Crippen LogP contribution in [0.5, 0.6) is 11.5 Å². The molecule has 1 aromatic carbocycles. The van der Waals surface area contributed by atoms with E-state index in [-0.39, 0.29) is 17.3 Å². The summed E-state index contributed by atoms with van der Waals surface area (Å²) in [5.74, 6) is 0.746. The van der Waals surface area contributed by atoms with Crippen molar-refractivity contribution >= 4 is 5.69 Å². The van der Waals surface area contributed by atoms with Crippen LogP contribution in [0.15, 0.2) is 24.4 Å². The van der Waals surface area contributed by atoms with Crippen LogP contribution >= 0.6 is 0 Å². The fourth-order valence-corrected chi connectivity index (χ4v) is 2.12. The average Bonchev–Trinajstić information content (AvgIpc) is 2.43. The van der Waals surface area contributed by atoms with E-state index in [9.17, 15) is 5.11 Å². The zero-order chi connectivity index (χ0) is 12.8. The normalized spacial score (nSPS) is 16.9. The Morgan fingerprint density at radius 2 is 2.00 bits per heavy atom. The summed E-state index contributed by atoms with van der Waals surface area (Å²) >= 11 is 0. The van der Waals surface area contributed by atoms with Gasteiger partial charge in [0.25, 0.3) is 0 Å². The van der Waals surface area contributed by atoms with E-state index in [4.69, 9.17) is 4.74 Å². The minimum atomic E-state index is -0.238. The molecule has 0 atom stereocenters. The van der Waals surface area contributed by atoms with Gasteiger partial charge < -0.3 is 15.2 Å². The first-order valence-electron chi connectivity index (χ1n) is 5.83. The van der Waals surface area contributed by atoms with E-state index in [1.807, 2.05) is 19.9 Å². The first kappa shape index (κ1) is 11.8. The molecule has 1 aromatic rings. The fraction of sp³-hybridized carbons (Fsp3) is 0.429. The Hall–Kier alpha value is -1.64. The molecule has 92 valence electrons. The molecule has 2 rings (SSSR count). The summed E-state index contributed by atoms with van der Waals surface area (Å²) in [6.07, 6.45) is 0.0251. The third-order valence-corrected chi connectivity index (χ3v) is 3.16. The predicted molar refractivity (Wildman–Crippen MR) is 69.7 cm³/mol. The maximum absolute atomic E-state index is 9.96. The average molecular weight is 233 g/mol. The Morgan fingerprint density at radius 1 is 1.35 bits per heavy atom. The number of benzene rings is 1. The second-order valence-corrected chi connectivity index (χ2v) is 5.23. The number of phenols is 1. The van der Waals surface area contributed by atoms with Crippen LogP contribution in [0, 0.1) is 0 Å². The second kappa shape index (κ2) is 3.69. The molecule has 17 heavy (non-hydrogen) atoms. The van der Waals surface area contributed by atoms with Crippen LogP contribution in [-0.2, 0) is 5.41 Å². The maximum atomic E-state index is 9.96. The number of hydrogen-bond acceptors (Lipinski definition) is 3. The second-order valence-electron chi connectivity index (χ2n) is 5.23. The highest BCUT2D eigenvalue weighted by Gasteiger charge is 2.38. The van der Waals surface area contributed by atoms with E-state index in [2.05, 4.69) is 25.7 Å². The van der Waals surface area contributed by atoms with Crippen molar-refractivity contribution in [2.24, 2.45) is 0 Å². The molecular formula is C14H19NO2. The zero-order valence-corrected chi connectivity index (χ0v) is 10.8. The van der Waals surface area contributed by atoms with Crippen LogP contribution in [-0.4, -0.2) is 11.2 Å². The minimum Gasteiger partial charge on any atom is -0.504 e. The number of aromatic hydroxyl groups is 1. The van der Waals surface area contributed by atoms with Crippen LogP contribution in [0.4, 0.5) is 5.69 Å². The van der Waals surface area contributed by atoms with Crippen molar-refractivity contribution in [2.75, 3.05) is 5.32 Å². The SMILES string of the molecule is C=C1Nc2ccc(O)c(OC(C)C)c2C1(C)C. The van der Waals surface area contributed by atoms with Gasteiger partial charge in [0, 0.05) is 22.4 Å². The number of allylic oxidation sites excluding steroid dienone is 1. The van der Waals surface area contributed by atoms with E-state index in [0.717, 1.165) is 16.9 Å². The molecule has 1 heterocycles. The Morgan fingerprint density at radius 3 is 2.59 bits per heavy atom. The molecule has 0 fully saturated rings. The zero-order valence-electron chi connectivity index (χ0n) is 10.8. The van der Waals surface area contributed by atoms with Gasteiger partial charge in [-0.3, -0.25) is 0 Å². The van der Waals surface area contributed by atoms with E-state index < -0.39 is 0 Å². The van der Waals surface area contributed by atoms with Gasteiger partial charge >= 0.3 is 0 Å². The number of ether oxygens (including phenoxy) is 1. The molecule has 0 saturated heterocycles. The van der Waals surface area contributed by atoms with E-state index >= 15 is 0 Å². The summed E-state index contributed by atoms with van der Waals surface area (Å²) in [6.45, 7) is 12.1. The summed E-state index contributed by atoms with van der Waals surface area (Å²) in [4.78, 5) is 0. The first-order valence-corrected chi connectivity index (χ1v) is 5.83. The van der Waals surface area contributed by atoms with Gasteiger partial charge in [0.15, 0.2) is 11.5 Å². The maximum Gasteiger partial charge on any atom is 0.167 e. The van der Waals surface area contributed by atoms with Crippen molar-refractivity contribution in [3.8, 4) is 11.5 Å². The van der Waals surface area contributed by atoms with Gasteiger partial charge in [0.05, 0.1) is 6.10 Å². The third-order valence-electron chi connectivity index (χ3n) is 3.16. The number of fused-ring (bicyclic) bond motifs is 1. The molecular weight excluding hydrogens is 214 g/mol. The van der Waals surface area contributed by atoms with Crippen LogP contribution < -0.4 is 10.1 Å². The van der Waals surface area contributed by atoms with Gasteiger partial charge in [-0.25, -0.2) is 0 Å². The molecule has 3 nitrogen and oxygen atoms in total. The quantitative estimate of drug-likeness (QED) is 0.769. The monoisotopic (exact) mass is 233 g/mol. The highest BCUT2D eigenvalue weighted by atomic mass is 16.5. The van der Waals surface area contributed by atoms with Crippen LogP contribution in [0.3, 0.4) is 0 Å². The molecule has 1 aliphatic heterocycles. The summed E-state index contributed by atoms with van der Waals surface area (Å²) in [5, 5.41) is 13.2. The Bertz CT molecular complexity index is 475. The summed E-state index contributed by atoms with van der Waals surface area (Å²) in [5.41, 5.74) is 2.63. The largest absolute Gasteiger partial charge is 0.504 e.